The third-order valence-corrected chi connectivity index (χ3v) is 3.45. The Morgan fingerprint density at radius 1 is 1.39 bits per heavy atom. The Kier molecular flexibility index (Phi) is 4.25. The smallest absolute Gasteiger partial charge is 0.256 e. The molecule has 0 aliphatic rings. The number of hydrogen-bond acceptors (Lipinski definition) is 5. The molecule has 0 fully saturated rings. The average Bonchev–Trinajstić information content (AvgIpc) is 2.67. The zero-order chi connectivity index (χ0) is 13.0. The van der Waals surface area contributed by atoms with E-state index < -0.39 is 0 Å². The van der Waals surface area contributed by atoms with Crippen molar-refractivity contribution >= 4 is 17.6 Å². The van der Waals surface area contributed by atoms with Crippen LogP contribution in [-0.4, -0.2) is 16.5 Å². The van der Waals surface area contributed by atoms with Gasteiger partial charge in [0.1, 0.15) is 11.6 Å². The lowest BCUT2D eigenvalue weighted by Crippen LogP contribution is -1.99. The first-order valence-electron chi connectivity index (χ1n) is 5.94. The van der Waals surface area contributed by atoms with Crippen LogP contribution < -0.4 is 5.32 Å². The highest BCUT2D eigenvalue weighted by atomic mass is 32.2. The monoisotopic (exact) mass is 263 g/mol. The summed E-state index contributed by atoms with van der Waals surface area (Å²) in [5, 5.41) is 3.93. The van der Waals surface area contributed by atoms with Crippen LogP contribution in [0.5, 0.6) is 0 Å². The molecule has 2 aromatic rings. The van der Waals surface area contributed by atoms with E-state index in [1.165, 1.54) is 5.56 Å². The van der Waals surface area contributed by atoms with Gasteiger partial charge in [0.05, 0.1) is 5.69 Å². The summed E-state index contributed by atoms with van der Waals surface area (Å²) in [6.07, 6.45) is 1.82. The third kappa shape index (κ3) is 3.26. The number of oxazole rings is 1. The second-order valence-corrected chi connectivity index (χ2v) is 4.92. The molecule has 4 nitrogen and oxygen atoms in total. The molecule has 0 spiro atoms. The zero-order valence-corrected chi connectivity index (χ0v) is 11.7. The van der Waals surface area contributed by atoms with E-state index in [0.29, 0.717) is 0 Å². The van der Waals surface area contributed by atoms with Crippen molar-refractivity contribution in [2.24, 2.45) is 0 Å². The van der Waals surface area contributed by atoms with Gasteiger partial charge >= 0.3 is 0 Å². The quantitative estimate of drug-likeness (QED) is 0.838. The van der Waals surface area contributed by atoms with E-state index in [0.717, 1.165) is 34.8 Å². The maximum Gasteiger partial charge on any atom is 0.256 e. The van der Waals surface area contributed by atoms with Crippen molar-refractivity contribution in [2.45, 2.75) is 31.7 Å². The highest BCUT2D eigenvalue weighted by Gasteiger charge is 2.06. The number of nitrogens with zero attached hydrogens (tertiary/aromatic N) is 2. The minimum atomic E-state index is 0.729. The first-order valence-corrected chi connectivity index (χ1v) is 6.93. The Morgan fingerprint density at radius 3 is 2.89 bits per heavy atom. The normalized spacial score (nSPS) is 10.6. The Labute approximate surface area is 111 Å². The van der Waals surface area contributed by atoms with E-state index in [4.69, 9.17) is 4.42 Å². The van der Waals surface area contributed by atoms with E-state index in [2.05, 4.69) is 28.3 Å². The van der Waals surface area contributed by atoms with Crippen molar-refractivity contribution < 1.29 is 4.42 Å². The topological polar surface area (TPSA) is 51.0 Å². The maximum absolute atomic E-state index is 5.53. The fourth-order valence-electron chi connectivity index (χ4n) is 1.49. The number of thioether (sulfide) groups is 1. The number of nitrogens with one attached hydrogen (secondary N) is 1. The summed E-state index contributed by atoms with van der Waals surface area (Å²) in [6, 6.07) is 4.07. The van der Waals surface area contributed by atoms with E-state index in [1.807, 2.05) is 26.1 Å². The minimum absolute atomic E-state index is 0.729. The van der Waals surface area contributed by atoms with Crippen LogP contribution in [0.15, 0.2) is 28.0 Å². The molecule has 0 aliphatic carbocycles. The summed E-state index contributed by atoms with van der Waals surface area (Å²) in [5.41, 5.74) is 2.17. The lowest BCUT2D eigenvalue weighted by molar-refractivity contribution is 0.431. The predicted octanol–water partition coefficient (Wildman–Crippen LogP) is 3.41. The maximum atomic E-state index is 5.53. The van der Waals surface area contributed by atoms with Crippen LogP contribution in [-0.2, 0) is 5.75 Å². The molecule has 0 unspecified atom stereocenters. The van der Waals surface area contributed by atoms with Crippen molar-refractivity contribution in [1.29, 1.82) is 0 Å². The van der Waals surface area contributed by atoms with Crippen LogP contribution in [0.25, 0.3) is 0 Å². The van der Waals surface area contributed by atoms with Gasteiger partial charge in [-0.05, 0) is 38.5 Å². The van der Waals surface area contributed by atoms with E-state index in [1.54, 1.807) is 11.8 Å². The van der Waals surface area contributed by atoms with Crippen molar-refractivity contribution in [1.82, 2.24) is 9.97 Å². The first kappa shape index (κ1) is 13.0. The molecule has 96 valence electrons. The molecule has 5 heteroatoms. The Morgan fingerprint density at radius 2 is 2.22 bits per heavy atom. The molecule has 0 amide bonds. The molecule has 0 aliphatic heterocycles. The van der Waals surface area contributed by atoms with E-state index in [-0.39, 0.29) is 0 Å². The van der Waals surface area contributed by atoms with Crippen LogP contribution in [0.2, 0.25) is 0 Å². The number of hydrogen-bond donors (Lipinski definition) is 1. The Balaban J connectivity index is 1.99. The Bertz CT molecular complexity index is 505. The summed E-state index contributed by atoms with van der Waals surface area (Å²) < 4.78 is 5.53. The number of anilines is 1. The summed E-state index contributed by atoms with van der Waals surface area (Å²) >= 11 is 1.60. The predicted molar refractivity (Wildman–Crippen MR) is 73.9 cm³/mol. The molecule has 0 bridgehead atoms. The van der Waals surface area contributed by atoms with Gasteiger partial charge in [0.2, 0.25) is 0 Å². The highest BCUT2D eigenvalue weighted by molar-refractivity contribution is 7.98. The SMILES string of the molecule is CCNc1cc(CSc2nc(C)c(C)o2)ccn1. The molecule has 2 aromatic heterocycles. The van der Waals surface area contributed by atoms with Gasteiger partial charge in [-0.15, -0.1) is 0 Å². The van der Waals surface area contributed by atoms with Gasteiger partial charge in [0.25, 0.3) is 5.22 Å². The molecule has 0 saturated heterocycles. The highest BCUT2D eigenvalue weighted by Crippen LogP contribution is 2.24. The van der Waals surface area contributed by atoms with Crippen molar-refractivity contribution in [3.63, 3.8) is 0 Å². The molecule has 0 aromatic carbocycles. The molecule has 2 rings (SSSR count). The van der Waals surface area contributed by atoms with Crippen LogP contribution in [0.3, 0.4) is 0 Å². The molecular formula is C13H17N3OS. The van der Waals surface area contributed by atoms with Gasteiger partial charge in [-0.2, -0.15) is 0 Å². The minimum Gasteiger partial charge on any atom is -0.437 e. The van der Waals surface area contributed by atoms with Crippen LogP contribution in [0.4, 0.5) is 5.82 Å². The van der Waals surface area contributed by atoms with Crippen LogP contribution in [0.1, 0.15) is 23.9 Å². The van der Waals surface area contributed by atoms with Crippen molar-refractivity contribution in [2.75, 3.05) is 11.9 Å². The third-order valence-electron chi connectivity index (χ3n) is 2.55. The van der Waals surface area contributed by atoms with E-state index >= 15 is 0 Å². The van der Waals surface area contributed by atoms with Gasteiger partial charge < -0.3 is 9.73 Å². The molecule has 18 heavy (non-hydrogen) atoms. The summed E-state index contributed by atoms with van der Waals surface area (Å²) in [5.74, 6) is 2.64. The fraction of sp³-hybridized carbons (Fsp3) is 0.385. The second kappa shape index (κ2) is 5.91. The number of rotatable bonds is 5. The summed E-state index contributed by atoms with van der Waals surface area (Å²) in [7, 11) is 0. The largest absolute Gasteiger partial charge is 0.437 e. The summed E-state index contributed by atoms with van der Waals surface area (Å²) in [6.45, 7) is 6.82. The molecular weight excluding hydrogens is 246 g/mol. The van der Waals surface area contributed by atoms with Gasteiger partial charge in [0, 0.05) is 18.5 Å². The number of aryl methyl sites for hydroxylation is 2. The first-order chi connectivity index (χ1) is 8.69. The second-order valence-electron chi connectivity index (χ2n) is 3.99. The number of aromatic nitrogens is 2. The lowest BCUT2D eigenvalue weighted by Gasteiger charge is -2.04. The van der Waals surface area contributed by atoms with Crippen molar-refractivity contribution in [3.05, 3.63) is 35.3 Å². The fourth-order valence-corrected chi connectivity index (χ4v) is 2.35. The van der Waals surface area contributed by atoms with Gasteiger partial charge in [-0.25, -0.2) is 9.97 Å². The van der Waals surface area contributed by atoms with Gasteiger partial charge in [-0.1, -0.05) is 11.8 Å². The summed E-state index contributed by atoms with van der Waals surface area (Å²) in [4.78, 5) is 8.59. The lowest BCUT2D eigenvalue weighted by atomic mass is 10.3. The van der Waals surface area contributed by atoms with Gasteiger partial charge in [0.15, 0.2) is 0 Å². The average molecular weight is 263 g/mol. The zero-order valence-electron chi connectivity index (χ0n) is 10.9. The molecule has 1 N–H and O–H groups in total. The van der Waals surface area contributed by atoms with Crippen LogP contribution >= 0.6 is 11.8 Å². The van der Waals surface area contributed by atoms with Gasteiger partial charge in [-0.3, -0.25) is 0 Å². The molecule has 0 atom stereocenters. The van der Waals surface area contributed by atoms with Crippen LogP contribution in [0, 0.1) is 13.8 Å². The van der Waals surface area contributed by atoms with E-state index in [9.17, 15) is 0 Å². The standard InChI is InChI=1S/C13H17N3OS/c1-4-14-12-7-11(5-6-15-12)8-18-13-16-9(2)10(3)17-13/h5-7H,4,8H2,1-3H3,(H,14,15). The molecule has 0 radical (unpaired) electrons. The number of pyridine rings is 1. The Hall–Kier alpha value is -1.49. The molecule has 2 heterocycles. The molecule has 0 saturated carbocycles. The van der Waals surface area contributed by atoms with Crippen molar-refractivity contribution in [3.8, 4) is 0 Å².